The van der Waals surface area contributed by atoms with E-state index >= 15 is 0 Å². The van der Waals surface area contributed by atoms with E-state index in [4.69, 9.17) is 4.74 Å². The average Bonchev–Trinajstić information content (AvgIpc) is 3.58. The molecule has 1 spiro atoms. The molecular weight excluding hydrogens is 494 g/mol. The van der Waals surface area contributed by atoms with Gasteiger partial charge >= 0.3 is 0 Å². The fourth-order valence-corrected chi connectivity index (χ4v) is 6.09. The summed E-state index contributed by atoms with van der Waals surface area (Å²) < 4.78 is 7.29. The third kappa shape index (κ3) is 4.11. The number of nitrogens with one attached hydrogen (secondary N) is 1. The van der Waals surface area contributed by atoms with Crippen LogP contribution in [0.5, 0.6) is 5.75 Å². The molecule has 1 aromatic heterocycles. The molecule has 0 radical (unpaired) electrons. The summed E-state index contributed by atoms with van der Waals surface area (Å²) in [5.74, 6) is -0.0606. The van der Waals surface area contributed by atoms with Gasteiger partial charge in [-0.05, 0) is 42.2 Å². The number of aryl methyl sites for hydroxylation is 1. The van der Waals surface area contributed by atoms with Gasteiger partial charge in [-0.15, -0.1) is 0 Å². The van der Waals surface area contributed by atoms with Gasteiger partial charge in [-0.2, -0.15) is 5.26 Å². The first-order valence-corrected chi connectivity index (χ1v) is 13.1. The molecule has 0 saturated carbocycles. The number of para-hydroxylation sites is 1. The fourth-order valence-electron chi connectivity index (χ4n) is 6.09. The number of aromatic nitrogens is 1. The van der Waals surface area contributed by atoms with Crippen LogP contribution in [0.3, 0.4) is 0 Å². The minimum absolute atomic E-state index is 0.0920. The van der Waals surface area contributed by atoms with Crippen molar-refractivity contribution in [2.45, 2.75) is 44.2 Å². The molecule has 0 aliphatic carbocycles. The smallest absolute Gasteiger partial charge is 0.270 e. The maximum absolute atomic E-state index is 14.2. The lowest BCUT2D eigenvalue weighted by molar-refractivity contribution is -0.136. The molecule has 39 heavy (non-hydrogen) atoms. The summed E-state index contributed by atoms with van der Waals surface area (Å²) in [7, 11) is 5.03. The number of hydrogen-bond acceptors (Lipinski definition) is 5. The van der Waals surface area contributed by atoms with E-state index < -0.39 is 17.5 Å². The van der Waals surface area contributed by atoms with Crippen molar-refractivity contribution < 1.29 is 19.1 Å². The highest BCUT2D eigenvalue weighted by atomic mass is 16.5. The number of rotatable bonds is 6. The molecule has 5 rings (SSSR count). The van der Waals surface area contributed by atoms with Crippen molar-refractivity contribution in [3.8, 4) is 11.8 Å². The minimum Gasteiger partial charge on any atom is -0.496 e. The van der Waals surface area contributed by atoms with Gasteiger partial charge < -0.3 is 24.4 Å². The van der Waals surface area contributed by atoms with Gasteiger partial charge in [0.05, 0.1) is 24.1 Å². The van der Waals surface area contributed by atoms with Gasteiger partial charge in [-0.3, -0.25) is 14.4 Å². The summed E-state index contributed by atoms with van der Waals surface area (Å²) >= 11 is 0. The zero-order valence-corrected chi connectivity index (χ0v) is 22.9. The summed E-state index contributed by atoms with van der Waals surface area (Å²) in [6.45, 7) is 4.08. The fraction of sp³-hybridized carbons (Fsp3) is 0.400. The van der Waals surface area contributed by atoms with Crippen molar-refractivity contribution in [1.29, 1.82) is 5.26 Å². The Hall–Kier alpha value is -4.32. The number of fused-ring (bicyclic) bond motifs is 3. The molecule has 3 atom stereocenters. The maximum Gasteiger partial charge on any atom is 0.270 e. The normalized spacial score (nSPS) is 20.7. The third-order valence-electron chi connectivity index (χ3n) is 8.17. The van der Waals surface area contributed by atoms with E-state index in [2.05, 4.69) is 11.4 Å². The summed E-state index contributed by atoms with van der Waals surface area (Å²) in [4.78, 5) is 44.2. The Balaban J connectivity index is 1.48. The predicted octanol–water partition coefficient (Wildman–Crippen LogP) is 3.69. The van der Waals surface area contributed by atoms with Crippen molar-refractivity contribution in [2.75, 3.05) is 26.0 Å². The van der Waals surface area contributed by atoms with Crippen LogP contribution >= 0.6 is 0 Å². The van der Waals surface area contributed by atoms with Crippen LogP contribution in [0.25, 0.3) is 10.9 Å². The summed E-state index contributed by atoms with van der Waals surface area (Å²) in [5, 5.41) is 13.8. The van der Waals surface area contributed by atoms with Crippen molar-refractivity contribution >= 4 is 34.3 Å². The number of nitrogens with zero attached hydrogens (tertiary/aromatic N) is 4. The van der Waals surface area contributed by atoms with E-state index in [0.29, 0.717) is 23.6 Å². The standard InChI is InChI=1S/C30H33N5O4/c1-18(2)13-24(34(4)27(36)25-14-20-23(33(25)3)11-8-12-26(20)39-5)28(37)35-17-30(15-19(35)16-31)21-9-6-7-10-22(21)32-29(30)38/h6-12,14,18-19,24H,13,15,17H2,1-5H3,(H,32,38)/t19-,24-,30-/m0/s1. The zero-order valence-electron chi connectivity index (χ0n) is 22.9. The highest BCUT2D eigenvalue weighted by Gasteiger charge is 2.56. The molecule has 202 valence electrons. The van der Waals surface area contributed by atoms with Crippen molar-refractivity contribution in [3.05, 3.63) is 59.8 Å². The minimum atomic E-state index is -0.982. The van der Waals surface area contributed by atoms with E-state index in [1.54, 1.807) is 24.8 Å². The largest absolute Gasteiger partial charge is 0.496 e. The zero-order chi connectivity index (χ0) is 28.1. The van der Waals surface area contributed by atoms with Crippen molar-refractivity contribution in [3.63, 3.8) is 0 Å². The second-order valence-electron chi connectivity index (χ2n) is 10.9. The lowest BCUT2D eigenvalue weighted by Crippen LogP contribution is -2.52. The average molecular weight is 528 g/mol. The van der Waals surface area contributed by atoms with Crippen LogP contribution in [0.15, 0.2) is 48.5 Å². The van der Waals surface area contributed by atoms with E-state index in [1.807, 2.05) is 63.4 Å². The molecule has 1 fully saturated rings. The first-order valence-electron chi connectivity index (χ1n) is 13.1. The maximum atomic E-state index is 14.2. The number of likely N-dealkylation sites (N-methyl/N-ethyl adjacent to an activating group) is 1. The Labute approximate surface area is 227 Å². The Morgan fingerprint density at radius 1 is 1.23 bits per heavy atom. The van der Waals surface area contributed by atoms with Gasteiger partial charge in [-0.1, -0.05) is 38.1 Å². The molecular formula is C30H33N5O4. The van der Waals surface area contributed by atoms with Crippen LogP contribution in [-0.4, -0.2) is 64.9 Å². The van der Waals surface area contributed by atoms with Gasteiger partial charge in [0.15, 0.2) is 0 Å². The second kappa shape index (κ2) is 9.77. The van der Waals surface area contributed by atoms with Crippen molar-refractivity contribution in [1.82, 2.24) is 14.4 Å². The Kier molecular flexibility index (Phi) is 6.59. The number of anilines is 1. The number of amides is 3. The summed E-state index contributed by atoms with van der Waals surface area (Å²) in [6, 6.07) is 15.5. The Bertz CT molecular complexity index is 1520. The number of likely N-dealkylation sites (tertiary alicyclic amines) is 1. The topological polar surface area (TPSA) is 108 Å². The van der Waals surface area contributed by atoms with E-state index in [0.717, 1.165) is 16.5 Å². The van der Waals surface area contributed by atoms with Crippen LogP contribution in [0.1, 0.15) is 42.7 Å². The second-order valence-corrected chi connectivity index (χ2v) is 10.9. The molecule has 9 nitrogen and oxygen atoms in total. The number of ether oxygens (including phenoxy) is 1. The molecule has 1 N–H and O–H groups in total. The molecule has 0 bridgehead atoms. The Morgan fingerprint density at radius 3 is 2.67 bits per heavy atom. The monoisotopic (exact) mass is 527 g/mol. The predicted molar refractivity (Wildman–Crippen MR) is 147 cm³/mol. The summed E-state index contributed by atoms with van der Waals surface area (Å²) in [6.07, 6.45) is 0.631. The number of nitriles is 1. The van der Waals surface area contributed by atoms with Crippen LogP contribution in [0.4, 0.5) is 5.69 Å². The molecule has 0 unspecified atom stereocenters. The lowest BCUT2D eigenvalue weighted by Gasteiger charge is -2.33. The molecule has 3 amide bonds. The molecule has 9 heteroatoms. The number of carbonyl (C=O) groups is 3. The van der Waals surface area contributed by atoms with Crippen LogP contribution in [0.2, 0.25) is 0 Å². The van der Waals surface area contributed by atoms with Crippen LogP contribution in [0, 0.1) is 17.2 Å². The van der Waals surface area contributed by atoms with Gasteiger partial charge in [0.2, 0.25) is 11.8 Å². The first-order chi connectivity index (χ1) is 18.6. The molecule has 2 aliphatic heterocycles. The highest BCUT2D eigenvalue weighted by Crippen LogP contribution is 2.46. The Morgan fingerprint density at radius 2 is 1.97 bits per heavy atom. The van der Waals surface area contributed by atoms with Gasteiger partial charge in [0.25, 0.3) is 5.91 Å². The summed E-state index contributed by atoms with van der Waals surface area (Å²) in [5.41, 5.74) is 1.81. The number of methoxy groups -OCH3 is 1. The molecule has 2 aromatic carbocycles. The van der Waals surface area contributed by atoms with Gasteiger partial charge in [0, 0.05) is 38.1 Å². The number of carbonyl (C=O) groups excluding carboxylic acids is 3. The van der Waals surface area contributed by atoms with Gasteiger partial charge in [-0.25, -0.2) is 0 Å². The van der Waals surface area contributed by atoms with Crippen LogP contribution in [-0.2, 0) is 22.1 Å². The van der Waals surface area contributed by atoms with Crippen LogP contribution < -0.4 is 10.1 Å². The number of hydrogen-bond donors (Lipinski definition) is 1. The molecule has 2 aliphatic rings. The lowest BCUT2D eigenvalue weighted by atomic mass is 9.80. The quantitative estimate of drug-likeness (QED) is 0.526. The first kappa shape index (κ1) is 26.3. The van der Waals surface area contributed by atoms with Gasteiger partial charge in [0.1, 0.15) is 23.5 Å². The molecule has 1 saturated heterocycles. The number of benzene rings is 2. The van der Waals surface area contributed by atoms with E-state index in [-0.39, 0.29) is 36.6 Å². The van der Waals surface area contributed by atoms with E-state index in [9.17, 15) is 19.6 Å². The highest BCUT2D eigenvalue weighted by molar-refractivity contribution is 6.07. The SMILES string of the molecule is COc1cccc2c1cc(C(=O)N(C)[C@@H](CC(C)C)C(=O)N1C[C@]3(C[C@H]1C#N)C(=O)Nc1ccccc13)n2C. The molecule has 3 heterocycles. The van der Waals surface area contributed by atoms with Crippen molar-refractivity contribution in [2.24, 2.45) is 13.0 Å². The molecule has 3 aromatic rings. The third-order valence-corrected chi connectivity index (χ3v) is 8.17. The van der Waals surface area contributed by atoms with E-state index in [1.165, 1.54) is 9.80 Å².